The van der Waals surface area contributed by atoms with Gasteiger partial charge < -0.3 is 5.73 Å². The molecule has 3 nitrogen and oxygen atoms in total. The molecule has 1 atom stereocenters. The first-order valence-corrected chi connectivity index (χ1v) is 6.56. The molecule has 2 rings (SSSR count). The summed E-state index contributed by atoms with van der Waals surface area (Å²) in [6.45, 7) is 4.44. The van der Waals surface area contributed by atoms with Gasteiger partial charge in [0.25, 0.3) is 0 Å². The minimum absolute atomic E-state index is 0.109. The van der Waals surface area contributed by atoms with Crippen LogP contribution in [0.1, 0.15) is 35.9 Å². The number of hydrogen-bond acceptors (Lipinski definition) is 4. The van der Waals surface area contributed by atoms with E-state index >= 15 is 0 Å². The molecule has 0 spiro atoms. The SMILES string of the molecule is CC(C)Cc1cccc(C(N)c2cnns2)c1. The van der Waals surface area contributed by atoms with Crippen molar-refractivity contribution in [1.82, 2.24) is 9.59 Å². The highest BCUT2D eigenvalue weighted by atomic mass is 32.1. The quantitative estimate of drug-likeness (QED) is 0.904. The summed E-state index contributed by atoms with van der Waals surface area (Å²) in [7, 11) is 0. The van der Waals surface area contributed by atoms with Crippen molar-refractivity contribution in [3.8, 4) is 0 Å². The zero-order valence-electron chi connectivity index (χ0n) is 10.1. The number of rotatable bonds is 4. The Morgan fingerprint density at radius 1 is 1.35 bits per heavy atom. The van der Waals surface area contributed by atoms with Crippen LogP contribution in [0.2, 0.25) is 0 Å². The maximum atomic E-state index is 6.19. The van der Waals surface area contributed by atoms with Gasteiger partial charge in [0, 0.05) is 0 Å². The lowest BCUT2D eigenvalue weighted by atomic mass is 9.98. The minimum atomic E-state index is -0.109. The van der Waals surface area contributed by atoms with Crippen LogP contribution in [-0.2, 0) is 6.42 Å². The molecule has 1 unspecified atom stereocenters. The van der Waals surface area contributed by atoms with Crippen LogP contribution in [0.3, 0.4) is 0 Å². The summed E-state index contributed by atoms with van der Waals surface area (Å²) >= 11 is 1.36. The lowest BCUT2D eigenvalue weighted by Gasteiger charge is -2.11. The molecule has 0 fully saturated rings. The zero-order valence-corrected chi connectivity index (χ0v) is 10.9. The van der Waals surface area contributed by atoms with Gasteiger partial charge in [-0.15, -0.1) is 5.10 Å². The summed E-state index contributed by atoms with van der Waals surface area (Å²) in [6, 6.07) is 8.36. The molecule has 90 valence electrons. The van der Waals surface area contributed by atoms with E-state index in [0.717, 1.165) is 16.9 Å². The standard InChI is InChI=1S/C13H17N3S/c1-9(2)6-10-4-3-5-11(7-10)13(14)12-8-15-16-17-12/h3-5,7-9,13H,6,14H2,1-2H3. The Kier molecular flexibility index (Phi) is 3.86. The van der Waals surface area contributed by atoms with E-state index in [1.54, 1.807) is 6.20 Å². The molecule has 2 aromatic rings. The number of benzene rings is 1. The summed E-state index contributed by atoms with van der Waals surface area (Å²) in [6.07, 6.45) is 2.83. The maximum Gasteiger partial charge on any atom is 0.0678 e. The van der Waals surface area contributed by atoms with E-state index in [0.29, 0.717) is 5.92 Å². The highest BCUT2D eigenvalue weighted by molar-refractivity contribution is 7.05. The summed E-state index contributed by atoms with van der Waals surface area (Å²) in [5.41, 5.74) is 8.66. The summed E-state index contributed by atoms with van der Waals surface area (Å²) in [4.78, 5) is 1.01. The molecule has 0 bridgehead atoms. The van der Waals surface area contributed by atoms with E-state index in [2.05, 4.69) is 47.7 Å². The molecule has 0 aliphatic heterocycles. The molecule has 0 aliphatic rings. The third-order valence-corrected chi connectivity index (χ3v) is 3.39. The van der Waals surface area contributed by atoms with Gasteiger partial charge in [-0.3, -0.25) is 0 Å². The second kappa shape index (κ2) is 5.38. The molecule has 4 heteroatoms. The Balaban J connectivity index is 2.21. The van der Waals surface area contributed by atoms with Gasteiger partial charge in [0.05, 0.1) is 17.1 Å². The fraction of sp³-hybridized carbons (Fsp3) is 0.385. The van der Waals surface area contributed by atoms with Crippen molar-refractivity contribution in [2.24, 2.45) is 11.7 Å². The topological polar surface area (TPSA) is 51.8 Å². The molecular formula is C13H17N3S. The zero-order chi connectivity index (χ0) is 12.3. The lowest BCUT2D eigenvalue weighted by Crippen LogP contribution is -2.10. The second-order valence-electron chi connectivity index (χ2n) is 4.64. The van der Waals surface area contributed by atoms with E-state index in [-0.39, 0.29) is 6.04 Å². The van der Waals surface area contributed by atoms with E-state index in [1.165, 1.54) is 17.1 Å². The second-order valence-corrected chi connectivity index (χ2v) is 5.46. The van der Waals surface area contributed by atoms with Gasteiger partial charge in [0.2, 0.25) is 0 Å². The molecule has 0 amide bonds. The van der Waals surface area contributed by atoms with Crippen molar-refractivity contribution in [2.75, 3.05) is 0 Å². The summed E-state index contributed by atoms with van der Waals surface area (Å²) in [5.74, 6) is 0.659. The van der Waals surface area contributed by atoms with Crippen LogP contribution in [0.25, 0.3) is 0 Å². The maximum absolute atomic E-state index is 6.19. The third kappa shape index (κ3) is 3.11. The highest BCUT2D eigenvalue weighted by Gasteiger charge is 2.11. The van der Waals surface area contributed by atoms with Gasteiger partial charge in [-0.1, -0.05) is 42.6 Å². The van der Waals surface area contributed by atoms with Gasteiger partial charge >= 0.3 is 0 Å². The van der Waals surface area contributed by atoms with Gasteiger partial charge in [-0.25, -0.2) is 0 Å². The van der Waals surface area contributed by atoms with Crippen molar-refractivity contribution < 1.29 is 0 Å². The lowest BCUT2D eigenvalue weighted by molar-refractivity contribution is 0.646. The molecule has 17 heavy (non-hydrogen) atoms. The normalized spacial score (nSPS) is 12.9. The van der Waals surface area contributed by atoms with Crippen LogP contribution in [0, 0.1) is 5.92 Å². The first-order valence-electron chi connectivity index (χ1n) is 5.78. The molecule has 0 radical (unpaired) electrons. The molecule has 2 N–H and O–H groups in total. The van der Waals surface area contributed by atoms with E-state index in [9.17, 15) is 0 Å². The van der Waals surface area contributed by atoms with Crippen LogP contribution < -0.4 is 5.73 Å². The number of nitrogens with zero attached hydrogens (tertiary/aromatic N) is 2. The Hall–Kier alpha value is -1.26. The molecule has 0 aliphatic carbocycles. The summed E-state index contributed by atoms with van der Waals surface area (Å²) in [5, 5.41) is 3.83. The Labute approximate surface area is 106 Å². The number of nitrogens with two attached hydrogens (primary N) is 1. The largest absolute Gasteiger partial charge is 0.320 e. The Morgan fingerprint density at radius 3 is 2.82 bits per heavy atom. The average Bonchev–Trinajstić information content (AvgIpc) is 2.81. The van der Waals surface area contributed by atoms with Crippen molar-refractivity contribution in [1.29, 1.82) is 0 Å². The van der Waals surface area contributed by atoms with Gasteiger partial charge in [-0.2, -0.15) is 0 Å². The smallest absolute Gasteiger partial charge is 0.0678 e. The molecule has 1 heterocycles. The molecular weight excluding hydrogens is 230 g/mol. The molecule has 1 aromatic heterocycles. The third-order valence-electron chi connectivity index (χ3n) is 2.64. The van der Waals surface area contributed by atoms with E-state index in [4.69, 9.17) is 5.73 Å². The van der Waals surface area contributed by atoms with Crippen LogP contribution in [0.4, 0.5) is 0 Å². The average molecular weight is 247 g/mol. The molecule has 1 aromatic carbocycles. The minimum Gasteiger partial charge on any atom is -0.320 e. The number of aromatic nitrogens is 2. The van der Waals surface area contributed by atoms with Gasteiger partial charge in [0.15, 0.2) is 0 Å². The Morgan fingerprint density at radius 2 is 2.18 bits per heavy atom. The molecule has 0 saturated heterocycles. The predicted molar refractivity (Wildman–Crippen MR) is 70.9 cm³/mol. The van der Waals surface area contributed by atoms with E-state index in [1.807, 2.05) is 0 Å². The Bertz CT molecular complexity index is 465. The van der Waals surface area contributed by atoms with Crippen LogP contribution in [-0.4, -0.2) is 9.59 Å². The summed E-state index contributed by atoms with van der Waals surface area (Å²) < 4.78 is 3.85. The fourth-order valence-electron chi connectivity index (χ4n) is 1.86. The van der Waals surface area contributed by atoms with E-state index < -0.39 is 0 Å². The van der Waals surface area contributed by atoms with Gasteiger partial charge in [-0.05, 0) is 35.0 Å². The van der Waals surface area contributed by atoms with Crippen LogP contribution >= 0.6 is 11.5 Å². The van der Waals surface area contributed by atoms with Crippen molar-refractivity contribution in [2.45, 2.75) is 26.3 Å². The van der Waals surface area contributed by atoms with Crippen molar-refractivity contribution in [3.63, 3.8) is 0 Å². The van der Waals surface area contributed by atoms with Crippen LogP contribution in [0.15, 0.2) is 30.5 Å². The number of hydrogen-bond donors (Lipinski definition) is 1. The first-order chi connectivity index (χ1) is 8.16. The van der Waals surface area contributed by atoms with Crippen molar-refractivity contribution in [3.05, 3.63) is 46.5 Å². The molecule has 0 saturated carbocycles. The monoisotopic (exact) mass is 247 g/mol. The predicted octanol–water partition coefficient (Wildman–Crippen LogP) is 2.78. The first kappa shape index (κ1) is 12.2. The van der Waals surface area contributed by atoms with Crippen LogP contribution in [0.5, 0.6) is 0 Å². The highest BCUT2D eigenvalue weighted by Crippen LogP contribution is 2.22. The fourth-order valence-corrected chi connectivity index (χ4v) is 2.39. The van der Waals surface area contributed by atoms with Crippen molar-refractivity contribution >= 4 is 11.5 Å². The van der Waals surface area contributed by atoms with Gasteiger partial charge in [0.1, 0.15) is 0 Å².